The average Bonchev–Trinajstić information content (AvgIpc) is 2.48. The van der Waals surface area contributed by atoms with Gasteiger partial charge in [-0.2, -0.15) is 4.52 Å². The fraction of sp³-hybridized carbons (Fsp3) is 0.286. The predicted molar refractivity (Wildman–Crippen MR) is 44.7 cm³/mol. The largest absolute Gasteiger partial charge is 0.396 e. The molecule has 5 nitrogen and oxygen atoms in total. The molecule has 2 aromatic heterocycles. The summed E-state index contributed by atoms with van der Waals surface area (Å²) in [5, 5.41) is 11.2. The van der Waals surface area contributed by atoms with Gasteiger partial charge in [0.25, 0.3) is 0 Å². The first-order valence-corrected chi connectivity index (χ1v) is 3.64. The van der Waals surface area contributed by atoms with Crippen molar-refractivity contribution in [1.29, 1.82) is 0 Å². The summed E-state index contributed by atoms with van der Waals surface area (Å²) in [6.07, 6.45) is 0. The number of aromatic nitrogens is 4. The molecule has 0 aliphatic carbocycles. The van der Waals surface area contributed by atoms with Crippen molar-refractivity contribution in [2.24, 2.45) is 0 Å². The number of nitrogens with zero attached hydrogens (tertiary/aromatic N) is 4. The Kier molecular flexibility index (Phi) is 1.27. The molecule has 62 valence electrons. The Hall–Kier alpha value is -1.65. The first-order valence-electron chi connectivity index (χ1n) is 3.64. The molecule has 0 saturated heterocycles. The zero-order chi connectivity index (χ0) is 8.72. The summed E-state index contributed by atoms with van der Waals surface area (Å²) in [7, 11) is 0. The summed E-state index contributed by atoms with van der Waals surface area (Å²) in [4.78, 5) is 0. The average molecular weight is 163 g/mol. The lowest BCUT2D eigenvalue weighted by atomic mass is 10.2. The molecule has 0 radical (unpaired) electrons. The van der Waals surface area contributed by atoms with Gasteiger partial charge in [-0.05, 0) is 35.9 Å². The fourth-order valence-corrected chi connectivity index (χ4v) is 1.16. The van der Waals surface area contributed by atoms with E-state index in [9.17, 15) is 0 Å². The molecule has 0 unspecified atom stereocenters. The van der Waals surface area contributed by atoms with Crippen molar-refractivity contribution in [2.75, 3.05) is 5.73 Å². The number of anilines is 1. The van der Waals surface area contributed by atoms with Crippen LogP contribution in [0.2, 0.25) is 0 Å². The minimum atomic E-state index is 0.614. The van der Waals surface area contributed by atoms with E-state index in [0.29, 0.717) is 11.3 Å². The quantitative estimate of drug-likeness (QED) is 0.607. The topological polar surface area (TPSA) is 69.1 Å². The van der Waals surface area contributed by atoms with Gasteiger partial charge in [0.05, 0.1) is 5.69 Å². The molecule has 0 aliphatic rings. The van der Waals surface area contributed by atoms with E-state index in [0.717, 1.165) is 11.3 Å². The second kappa shape index (κ2) is 2.17. The van der Waals surface area contributed by atoms with Gasteiger partial charge in [0.2, 0.25) is 5.65 Å². The second-order valence-corrected chi connectivity index (χ2v) is 2.78. The van der Waals surface area contributed by atoms with E-state index in [2.05, 4.69) is 15.5 Å². The van der Waals surface area contributed by atoms with Crippen molar-refractivity contribution in [2.45, 2.75) is 13.8 Å². The van der Waals surface area contributed by atoms with E-state index in [1.165, 1.54) is 0 Å². The minimum Gasteiger partial charge on any atom is -0.396 e. The number of nitrogens with two attached hydrogens (primary N) is 1. The highest BCUT2D eigenvalue weighted by molar-refractivity contribution is 5.64. The van der Waals surface area contributed by atoms with Crippen LogP contribution < -0.4 is 5.73 Å². The van der Waals surface area contributed by atoms with Crippen LogP contribution in [0.1, 0.15) is 11.3 Å². The van der Waals surface area contributed by atoms with Crippen LogP contribution >= 0.6 is 0 Å². The van der Waals surface area contributed by atoms with Crippen LogP contribution in [-0.2, 0) is 0 Å². The second-order valence-electron chi connectivity index (χ2n) is 2.78. The van der Waals surface area contributed by atoms with E-state index in [-0.39, 0.29) is 0 Å². The Morgan fingerprint density at radius 2 is 2.17 bits per heavy atom. The highest BCUT2D eigenvalue weighted by Crippen LogP contribution is 2.15. The van der Waals surface area contributed by atoms with Gasteiger partial charge in [0.1, 0.15) is 0 Å². The Morgan fingerprint density at radius 1 is 1.42 bits per heavy atom. The molecule has 0 amide bonds. The van der Waals surface area contributed by atoms with Gasteiger partial charge in [-0.25, -0.2) is 0 Å². The third kappa shape index (κ3) is 0.761. The lowest BCUT2D eigenvalue weighted by Gasteiger charge is -2.02. The van der Waals surface area contributed by atoms with Crippen molar-refractivity contribution >= 4 is 11.3 Å². The van der Waals surface area contributed by atoms with Crippen LogP contribution in [0.4, 0.5) is 5.69 Å². The van der Waals surface area contributed by atoms with E-state index in [1.807, 2.05) is 19.9 Å². The number of pyridine rings is 1. The van der Waals surface area contributed by atoms with Crippen LogP contribution in [0.5, 0.6) is 0 Å². The molecule has 5 heteroatoms. The maximum Gasteiger partial charge on any atom is 0.202 e. The van der Waals surface area contributed by atoms with Crippen LogP contribution in [-0.4, -0.2) is 20.0 Å². The van der Waals surface area contributed by atoms with Crippen molar-refractivity contribution in [3.63, 3.8) is 0 Å². The van der Waals surface area contributed by atoms with Gasteiger partial charge < -0.3 is 5.73 Å². The molecule has 0 spiro atoms. The SMILES string of the molecule is Cc1cc(N)c2nnnn2c1C. The number of hydrogen-bond donors (Lipinski definition) is 1. The molecular formula is C7H9N5. The van der Waals surface area contributed by atoms with E-state index in [4.69, 9.17) is 5.73 Å². The minimum absolute atomic E-state index is 0.614. The molecule has 2 heterocycles. The van der Waals surface area contributed by atoms with E-state index in [1.54, 1.807) is 4.52 Å². The van der Waals surface area contributed by atoms with Gasteiger partial charge in [0.15, 0.2) is 0 Å². The monoisotopic (exact) mass is 163 g/mol. The number of aryl methyl sites for hydroxylation is 2. The van der Waals surface area contributed by atoms with Crippen molar-refractivity contribution < 1.29 is 0 Å². The highest BCUT2D eigenvalue weighted by Gasteiger charge is 2.06. The van der Waals surface area contributed by atoms with Gasteiger partial charge in [-0.3, -0.25) is 0 Å². The Bertz CT molecular complexity index is 431. The number of tetrazole rings is 1. The zero-order valence-corrected chi connectivity index (χ0v) is 6.94. The van der Waals surface area contributed by atoms with E-state index < -0.39 is 0 Å². The third-order valence-electron chi connectivity index (χ3n) is 1.99. The predicted octanol–water partition coefficient (Wildman–Crippen LogP) is 0.323. The molecule has 12 heavy (non-hydrogen) atoms. The lowest BCUT2D eigenvalue weighted by Crippen LogP contribution is -2.00. The highest BCUT2D eigenvalue weighted by atomic mass is 15.5. The van der Waals surface area contributed by atoms with Gasteiger partial charge in [0, 0.05) is 5.69 Å². The number of hydrogen-bond acceptors (Lipinski definition) is 4. The molecule has 0 aromatic carbocycles. The van der Waals surface area contributed by atoms with Crippen molar-refractivity contribution in [3.8, 4) is 0 Å². The molecule has 0 fully saturated rings. The van der Waals surface area contributed by atoms with E-state index >= 15 is 0 Å². The Labute approximate surface area is 69.2 Å². The fourth-order valence-electron chi connectivity index (χ4n) is 1.16. The summed E-state index contributed by atoms with van der Waals surface area (Å²) >= 11 is 0. The zero-order valence-electron chi connectivity index (χ0n) is 6.94. The number of fused-ring (bicyclic) bond motifs is 1. The molecule has 0 atom stereocenters. The maximum atomic E-state index is 5.71. The van der Waals surface area contributed by atoms with Gasteiger partial charge in [-0.1, -0.05) is 0 Å². The smallest absolute Gasteiger partial charge is 0.202 e. The van der Waals surface area contributed by atoms with Crippen LogP contribution in [0.25, 0.3) is 5.65 Å². The van der Waals surface area contributed by atoms with Crippen molar-refractivity contribution in [1.82, 2.24) is 20.0 Å². The van der Waals surface area contributed by atoms with Crippen LogP contribution in [0.3, 0.4) is 0 Å². The number of nitrogen functional groups attached to an aromatic ring is 1. The maximum absolute atomic E-state index is 5.71. The summed E-state index contributed by atoms with van der Waals surface area (Å²) < 4.78 is 1.64. The van der Waals surface area contributed by atoms with Crippen molar-refractivity contribution in [3.05, 3.63) is 17.3 Å². The van der Waals surface area contributed by atoms with Gasteiger partial charge >= 0.3 is 0 Å². The summed E-state index contributed by atoms with van der Waals surface area (Å²) in [5.74, 6) is 0. The summed E-state index contributed by atoms with van der Waals surface area (Å²) in [6, 6.07) is 1.88. The lowest BCUT2D eigenvalue weighted by molar-refractivity contribution is 0.799. The standard InChI is InChI=1S/C7H9N5/c1-4-3-6(8)7-9-10-11-12(7)5(4)2/h3H,8H2,1-2H3. The summed E-state index contributed by atoms with van der Waals surface area (Å²) in [5.41, 5.74) is 9.05. The molecular weight excluding hydrogens is 154 g/mol. The number of rotatable bonds is 0. The molecule has 2 rings (SSSR count). The first-order chi connectivity index (χ1) is 5.70. The normalized spacial score (nSPS) is 10.8. The molecule has 0 bridgehead atoms. The van der Waals surface area contributed by atoms with Crippen LogP contribution in [0.15, 0.2) is 6.07 Å². The molecule has 2 aromatic rings. The first kappa shape index (κ1) is 7.02. The van der Waals surface area contributed by atoms with Gasteiger partial charge in [-0.15, -0.1) is 5.10 Å². The molecule has 0 saturated carbocycles. The van der Waals surface area contributed by atoms with Crippen LogP contribution in [0, 0.1) is 13.8 Å². The molecule has 0 aliphatic heterocycles. The Balaban J connectivity index is 2.97. The molecule has 2 N–H and O–H groups in total. The Morgan fingerprint density at radius 3 is 2.92 bits per heavy atom. The summed E-state index contributed by atoms with van der Waals surface area (Å²) in [6.45, 7) is 3.94. The third-order valence-corrected chi connectivity index (χ3v) is 1.99.